The number of aliphatic hydroxyl groups excluding tert-OH is 1. The van der Waals surface area contributed by atoms with Gasteiger partial charge in [-0.1, -0.05) is 13.8 Å². The van der Waals surface area contributed by atoms with Gasteiger partial charge in [-0.15, -0.1) is 0 Å². The number of hydrogen-bond donors (Lipinski definition) is 2. The zero-order chi connectivity index (χ0) is 10.7. The van der Waals surface area contributed by atoms with Crippen molar-refractivity contribution in [2.45, 2.75) is 26.0 Å². The monoisotopic (exact) mass is 261 g/mol. The minimum absolute atomic E-state index is 0.372. The molecule has 1 rings (SSSR count). The van der Waals surface area contributed by atoms with Crippen molar-refractivity contribution in [3.8, 4) is 0 Å². The first kappa shape index (κ1) is 11.7. The van der Waals surface area contributed by atoms with Crippen LogP contribution in [-0.2, 0) is 7.05 Å². The van der Waals surface area contributed by atoms with Gasteiger partial charge in [0.15, 0.2) is 0 Å². The molecule has 0 aromatic carbocycles. The molecule has 2 N–H and O–H groups in total. The van der Waals surface area contributed by atoms with E-state index in [2.05, 4.69) is 26.3 Å². The van der Waals surface area contributed by atoms with Crippen LogP contribution in [0.3, 0.4) is 0 Å². The molecule has 0 fully saturated rings. The van der Waals surface area contributed by atoms with Crippen LogP contribution in [0.4, 0.5) is 0 Å². The molecule has 1 atom stereocenters. The van der Waals surface area contributed by atoms with Crippen LogP contribution >= 0.6 is 15.9 Å². The number of aromatic nitrogens is 2. The van der Waals surface area contributed by atoms with Gasteiger partial charge in [0.25, 0.3) is 0 Å². The Labute approximate surface area is 92.4 Å². The summed E-state index contributed by atoms with van der Waals surface area (Å²) in [4.78, 5) is 0. The van der Waals surface area contributed by atoms with Crippen molar-refractivity contribution in [3.05, 3.63) is 16.4 Å². The van der Waals surface area contributed by atoms with E-state index in [-0.39, 0.29) is 0 Å². The van der Waals surface area contributed by atoms with Crippen LogP contribution in [0.5, 0.6) is 0 Å². The minimum atomic E-state index is -0.528. The smallest absolute Gasteiger partial charge is 0.109 e. The van der Waals surface area contributed by atoms with Gasteiger partial charge in [-0.05, 0) is 15.9 Å². The van der Waals surface area contributed by atoms with Crippen molar-refractivity contribution in [3.63, 3.8) is 0 Å². The summed E-state index contributed by atoms with van der Waals surface area (Å²) in [5, 5.41) is 17.1. The van der Waals surface area contributed by atoms with Gasteiger partial charge in [-0.2, -0.15) is 5.10 Å². The molecule has 0 spiro atoms. The predicted molar refractivity (Wildman–Crippen MR) is 59.0 cm³/mol. The molecule has 1 aromatic rings. The Kier molecular flexibility index (Phi) is 4.10. The van der Waals surface area contributed by atoms with E-state index in [9.17, 15) is 5.11 Å². The molecule has 0 aliphatic rings. The Hall–Kier alpha value is -0.390. The average molecular weight is 262 g/mol. The SMILES string of the molecule is CC(C)NCC(O)c1c(Br)cnn1C. The number of halogens is 1. The third-order valence-corrected chi connectivity index (χ3v) is 2.58. The molecule has 0 radical (unpaired) electrons. The summed E-state index contributed by atoms with van der Waals surface area (Å²) in [6.07, 6.45) is 1.16. The lowest BCUT2D eigenvalue weighted by Crippen LogP contribution is -2.28. The standard InChI is InChI=1S/C9H16BrN3O/c1-6(2)11-5-8(14)9-7(10)4-12-13(9)3/h4,6,8,11,14H,5H2,1-3H3. The fourth-order valence-electron chi connectivity index (χ4n) is 1.24. The van der Waals surface area contributed by atoms with Gasteiger partial charge in [0.05, 0.1) is 16.4 Å². The Morgan fingerprint density at radius 2 is 2.29 bits per heavy atom. The molecule has 4 nitrogen and oxygen atoms in total. The molecule has 0 aliphatic heterocycles. The molecule has 80 valence electrons. The fourth-order valence-corrected chi connectivity index (χ4v) is 1.85. The summed E-state index contributed by atoms with van der Waals surface area (Å²) < 4.78 is 2.52. The third-order valence-electron chi connectivity index (χ3n) is 1.97. The topological polar surface area (TPSA) is 50.1 Å². The first-order valence-corrected chi connectivity index (χ1v) is 5.40. The van der Waals surface area contributed by atoms with Gasteiger partial charge in [-0.3, -0.25) is 4.68 Å². The van der Waals surface area contributed by atoms with E-state index in [4.69, 9.17) is 0 Å². The summed E-state index contributed by atoms with van der Waals surface area (Å²) in [6.45, 7) is 4.63. The molecule has 0 aliphatic carbocycles. The van der Waals surface area contributed by atoms with E-state index in [0.29, 0.717) is 12.6 Å². The summed E-state index contributed by atoms with van der Waals surface area (Å²) in [6, 6.07) is 0.372. The van der Waals surface area contributed by atoms with Crippen molar-refractivity contribution in [2.24, 2.45) is 7.05 Å². The predicted octanol–water partition coefficient (Wildman–Crippen LogP) is 1.21. The van der Waals surface area contributed by atoms with Crippen LogP contribution in [0.15, 0.2) is 10.7 Å². The lowest BCUT2D eigenvalue weighted by Gasteiger charge is -2.14. The molecule has 0 bridgehead atoms. The molecular weight excluding hydrogens is 246 g/mol. The number of hydrogen-bond acceptors (Lipinski definition) is 3. The fraction of sp³-hybridized carbons (Fsp3) is 0.667. The lowest BCUT2D eigenvalue weighted by molar-refractivity contribution is 0.161. The van der Waals surface area contributed by atoms with Crippen LogP contribution in [0.1, 0.15) is 25.6 Å². The largest absolute Gasteiger partial charge is 0.385 e. The van der Waals surface area contributed by atoms with Gasteiger partial charge >= 0.3 is 0 Å². The zero-order valence-corrected chi connectivity index (χ0v) is 10.2. The number of rotatable bonds is 4. The maximum absolute atomic E-state index is 9.87. The van der Waals surface area contributed by atoms with Gasteiger partial charge in [-0.25, -0.2) is 0 Å². The molecule has 1 unspecified atom stereocenters. The molecule has 0 saturated heterocycles. The van der Waals surface area contributed by atoms with Crippen molar-refractivity contribution < 1.29 is 5.11 Å². The van der Waals surface area contributed by atoms with Crippen LogP contribution in [-0.4, -0.2) is 27.5 Å². The Balaban J connectivity index is 2.64. The molecular formula is C9H16BrN3O. The molecule has 1 aromatic heterocycles. The van der Waals surface area contributed by atoms with Gasteiger partial charge in [0.1, 0.15) is 6.10 Å². The van der Waals surface area contributed by atoms with Crippen LogP contribution < -0.4 is 5.32 Å². The Morgan fingerprint density at radius 3 is 2.71 bits per heavy atom. The second kappa shape index (κ2) is 4.91. The number of nitrogens with zero attached hydrogens (tertiary/aromatic N) is 2. The summed E-state index contributed by atoms with van der Waals surface area (Å²) >= 11 is 3.35. The zero-order valence-electron chi connectivity index (χ0n) is 8.66. The average Bonchev–Trinajstić information content (AvgIpc) is 2.42. The molecule has 0 saturated carbocycles. The van der Waals surface area contributed by atoms with E-state index in [1.165, 1.54) is 0 Å². The van der Waals surface area contributed by atoms with E-state index in [0.717, 1.165) is 10.2 Å². The van der Waals surface area contributed by atoms with Gasteiger partial charge in [0, 0.05) is 19.6 Å². The maximum atomic E-state index is 9.87. The van der Waals surface area contributed by atoms with E-state index >= 15 is 0 Å². The van der Waals surface area contributed by atoms with E-state index in [1.807, 2.05) is 20.9 Å². The quantitative estimate of drug-likeness (QED) is 0.857. The molecule has 14 heavy (non-hydrogen) atoms. The van der Waals surface area contributed by atoms with Crippen molar-refractivity contribution in [2.75, 3.05) is 6.54 Å². The highest BCUT2D eigenvalue weighted by molar-refractivity contribution is 9.10. The molecule has 5 heteroatoms. The van der Waals surface area contributed by atoms with Crippen molar-refractivity contribution in [1.82, 2.24) is 15.1 Å². The van der Waals surface area contributed by atoms with Crippen LogP contribution in [0.25, 0.3) is 0 Å². The van der Waals surface area contributed by atoms with Crippen molar-refractivity contribution in [1.29, 1.82) is 0 Å². The molecule has 1 heterocycles. The van der Waals surface area contributed by atoms with E-state index in [1.54, 1.807) is 10.9 Å². The maximum Gasteiger partial charge on any atom is 0.109 e. The first-order valence-electron chi connectivity index (χ1n) is 4.61. The minimum Gasteiger partial charge on any atom is -0.385 e. The number of aryl methyl sites for hydroxylation is 1. The second-order valence-corrected chi connectivity index (χ2v) is 4.43. The van der Waals surface area contributed by atoms with Crippen molar-refractivity contribution >= 4 is 15.9 Å². The summed E-state index contributed by atoms with van der Waals surface area (Å²) in [5.74, 6) is 0. The summed E-state index contributed by atoms with van der Waals surface area (Å²) in [5.41, 5.74) is 0.804. The number of aliphatic hydroxyl groups is 1. The Morgan fingerprint density at radius 1 is 1.64 bits per heavy atom. The van der Waals surface area contributed by atoms with Gasteiger partial charge < -0.3 is 10.4 Å². The number of nitrogens with one attached hydrogen (secondary N) is 1. The van der Waals surface area contributed by atoms with E-state index < -0.39 is 6.10 Å². The Bertz CT molecular complexity index is 279. The highest BCUT2D eigenvalue weighted by atomic mass is 79.9. The highest BCUT2D eigenvalue weighted by Crippen LogP contribution is 2.21. The van der Waals surface area contributed by atoms with Gasteiger partial charge in [0.2, 0.25) is 0 Å². The van der Waals surface area contributed by atoms with Crippen LogP contribution in [0.2, 0.25) is 0 Å². The highest BCUT2D eigenvalue weighted by Gasteiger charge is 2.15. The lowest BCUT2D eigenvalue weighted by atomic mass is 10.2. The normalized spacial score (nSPS) is 13.6. The third kappa shape index (κ3) is 2.80. The second-order valence-electron chi connectivity index (χ2n) is 3.58. The molecule has 0 amide bonds. The van der Waals surface area contributed by atoms with Crippen LogP contribution in [0, 0.1) is 0 Å². The first-order chi connectivity index (χ1) is 6.52. The summed E-state index contributed by atoms with van der Waals surface area (Å²) in [7, 11) is 1.82.